The summed E-state index contributed by atoms with van der Waals surface area (Å²) in [4.78, 5) is 27.8. The largest absolute Gasteiger partial charge is 0.449 e. The van der Waals surface area contributed by atoms with Crippen molar-refractivity contribution in [3.63, 3.8) is 0 Å². The molecule has 1 aromatic heterocycles. The second-order valence-corrected chi connectivity index (χ2v) is 7.42. The molecule has 0 atom stereocenters. The minimum absolute atomic E-state index is 0.00726. The highest BCUT2D eigenvalue weighted by atomic mass is 16.3. The summed E-state index contributed by atoms with van der Waals surface area (Å²) in [6.07, 6.45) is 7.00. The number of furan rings is 1. The van der Waals surface area contributed by atoms with Gasteiger partial charge in [0.15, 0.2) is 0 Å². The van der Waals surface area contributed by atoms with Crippen molar-refractivity contribution in [1.82, 2.24) is 4.90 Å². The van der Waals surface area contributed by atoms with Gasteiger partial charge in [-0.3, -0.25) is 9.59 Å². The number of benzene rings is 1. The molecule has 1 aliphatic rings. The molecule has 1 aromatic carbocycles. The average Bonchev–Trinajstić information content (AvgIpc) is 3.06. The lowest BCUT2D eigenvalue weighted by Crippen LogP contribution is -2.33. The van der Waals surface area contributed by atoms with Gasteiger partial charge in [-0.1, -0.05) is 45.2 Å². The molecule has 2 amide bonds. The fraction of sp³-hybridized carbons (Fsp3) is 0.545. The Kier molecular flexibility index (Phi) is 6.54. The molecule has 0 radical (unpaired) electrons. The van der Waals surface area contributed by atoms with Crippen LogP contribution in [0.3, 0.4) is 0 Å². The molecule has 2 aromatic rings. The number of hydrogen-bond acceptors (Lipinski definition) is 3. The van der Waals surface area contributed by atoms with Crippen molar-refractivity contribution in [3.05, 3.63) is 30.0 Å². The maximum absolute atomic E-state index is 13.2. The number of anilines is 1. The van der Waals surface area contributed by atoms with E-state index in [9.17, 15) is 9.59 Å². The van der Waals surface area contributed by atoms with Crippen LogP contribution in [0, 0.1) is 5.92 Å². The highest BCUT2D eigenvalue weighted by Crippen LogP contribution is 2.33. The van der Waals surface area contributed by atoms with Gasteiger partial charge in [-0.05, 0) is 37.8 Å². The molecule has 0 saturated heterocycles. The summed E-state index contributed by atoms with van der Waals surface area (Å²) in [6, 6.07) is 7.52. The van der Waals surface area contributed by atoms with Crippen molar-refractivity contribution < 1.29 is 14.0 Å². The number of nitrogens with zero attached hydrogens (tertiary/aromatic N) is 1. The number of carbonyl (C=O) groups is 2. The zero-order chi connectivity index (χ0) is 19.2. The van der Waals surface area contributed by atoms with E-state index in [-0.39, 0.29) is 23.5 Å². The fourth-order valence-electron chi connectivity index (χ4n) is 3.91. The van der Waals surface area contributed by atoms with Crippen molar-refractivity contribution in [2.24, 2.45) is 5.92 Å². The Morgan fingerprint density at radius 3 is 2.41 bits per heavy atom. The number of rotatable bonds is 7. The molecular weight excluding hydrogens is 340 g/mol. The number of amides is 2. The van der Waals surface area contributed by atoms with E-state index < -0.39 is 0 Å². The van der Waals surface area contributed by atoms with Crippen molar-refractivity contribution in [3.8, 4) is 0 Å². The van der Waals surface area contributed by atoms with Crippen LogP contribution in [0.15, 0.2) is 28.7 Å². The predicted octanol–water partition coefficient (Wildman–Crippen LogP) is 5.21. The average molecular weight is 370 g/mol. The first-order valence-electron chi connectivity index (χ1n) is 10.3. The predicted molar refractivity (Wildman–Crippen MR) is 108 cm³/mol. The first kappa shape index (κ1) is 19.5. The van der Waals surface area contributed by atoms with E-state index in [2.05, 4.69) is 19.2 Å². The number of carbonyl (C=O) groups excluding carboxylic acids is 2. The molecule has 0 spiro atoms. The van der Waals surface area contributed by atoms with E-state index in [4.69, 9.17) is 4.42 Å². The van der Waals surface area contributed by atoms with E-state index >= 15 is 0 Å². The molecule has 5 heteroatoms. The Balaban J connectivity index is 1.93. The first-order valence-corrected chi connectivity index (χ1v) is 10.3. The van der Waals surface area contributed by atoms with Crippen LogP contribution < -0.4 is 5.32 Å². The van der Waals surface area contributed by atoms with Crippen LogP contribution >= 0.6 is 0 Å². The van der Waals surface area contributed by atoms with Crippen LogP contribution in [0.1, 0.15) is 69.3 Å². The van der Waals surface area contributed by atoms with Gasteiger partial charge in [-0.15, -0.1) is 0 Å². The molecule has 5 nitrogen and oxygen atoms in total. The molecule has 27 heavy (non-hydrogen) atoms. The molecule has 0 unspecified atom stereocenters. The summed E-state index contributed by atoms with van der Waals surface area (Å²) in [7, 11) is 0. The molecule has 146 valence electrons. The minimum Gasteiger partial charge on any atom is -0.449 e. The van der Waals surface area contributed by atoms with Crippen LogP contribution in [0.2, 0.25) is 0 Å². The summed E-state index contributed by atoms with van der Waals surface area (Å²) in [5.41, 5.74) is 1.16. The smallest absolute Gasteiger partial charge is 0.291 e. The van der Waals surface area contributed by atoms with E-state index in [0.717, 1.165) is 43.9 Å². The van der Waals surface area contributed by atoms with E-state index in [0.29, 0.717) is 24.4 Å². The highest BCUT2D eigenvalue weighted by Gasteiger charge is 2.28. The third-order valence-electron chi connectivity index (χ3n) is 5.29. The summed E-state index contributed by atoms with van der Waals surface area (Å²) in [6.45, 7) is 5.47. The number of nitrogens with one attached hydrogen (secondary N) is 1. The molecule has 0 bridgehead atoms. The monoisotopic (exact) mass is 370 g/mol. The molecule has 1 fully saturated rings. The van der Waals surface area contributed by atoms with Crippen molar-refractivity contribution in [1.29, 1.82) is 0 Å². The molecule has 1 heterocycles. The van der Waals surface area contributed by atoms with Gasteiger partial charge in [-0.2, -0.15) is 0 Å². The molecule has 3 rings (SSSR count). The third kappa shape index (κ3) is 4.34. The molecule has 1 N–H and O–H groups in total. The molecule has 1 saturated carbocycles. The molecule has 1 aliphatic carbocycles. The second kappa shape index (κ2) is 9.07. The van der Waals surface area contributed by atoms with Crippen LogP contribution in [0.4, 0.5) is 5.69 Å². The van der Waals surface area contributed by atoms with Gasteiger partial charge in [0.05, 0.1) is 0 Å². The maximum Gasteiger partial charge on any atom is 0.291 e. The van der Waals surface area contributed by atoms with Gasteiger partial charge in [-0.25, -0.2) is 0 Å². The van der Waals surface area contributed by atoms with E-state index in [1.807, 2.05) is 29.2 Å². The zero-order valence-electron chi connectivity index (χ0n) is 16.4. The number of para-hydroxylation sites is 1. The minimum atomic E-state index is -0.145. The Morgan fingerprint density at radius 2 is 1.74 bits per heavy atom. The highest BCUT2D eigenvalue weighted by molar-refractivity contribution is 6.11. The van der Waals surface area contributed by atoms with Gasteiger partial charge in [0.2, 0.25) is 11.7 Å². The van der Waals surface area contributed by atoms with Gasteiger partial charge < -0.3 is 14.6 Å². The van der Waals surface area contributed by atoms with Gasteiger partial charge in [0, 0.05) is 24.4 Å². The standard InChI is InChI=1S/C22H30N2O3/c1-3-14-24(15-4-2)22(26)20-19(17-12-8-9-13-18(17)27-20)23-21(25)16-10-6-5-7-11-16/h8-9,12-13,16H,3-7,10-11,14-15H2,1-2H3,(H,23,25). The summed E-state index contributed by atoms with van der Waals surface area (Å²) >= 11 is 0. The third-order valence-corrected chi connectivity index (χ3v) is 5.29. The number of hydrogen-bond donors (Lipinski definition) is 1. The second-order valence-electron chi connectivity index (χ2n) is 7.42. The molecular formula is C22H30N2O3. The quantitative estimate of drug-likeness (QED) is 0.727. The van der Waals surface area contributed by atoms with Crippen LogP contribution in [-0.2, 0) is 4.79 Å². The van der Waals surface area contributed by atoms with Crippen LogP contribution in [0.25, 0.3) is 11.0 Å². The lowest BCUT2D eigenvalue weighted by molar-refractivity contribution is -0.120. The Labute approximate surface area is 161 Å². The topological polar surface area (TPSA) is 62.6 Å². The Bertz CT molecular complexity index is 784. The lowest BCUT2D eigenvalue weighted by atomic mass is 9.88. The van der Waals surface area contributed by atoms with Crippen LogP contribution in [-0.4, -0.2) is 29.8 Å². The molecule has 0 aliphatic heterocycles. The fourth-order valence-corrected chi connectivity index (χ4v) is 3.91. The van der Waals surface area contributed by atoms with Gasteiger partial charge in [0.25, 0.3) is 5.91 Å². The Hall–Kier alpha value is -2.30. The SMILES string of the molecule is CCCN(CCC)C(=O)c1oc2ccccc2c1NC(=O)C1CCCCC1. The van der Waals surface area contributed by atoms with Gasteiger partial charge >= 0.3 is 0 Å². The van der Waals surface area contributed by atoms with E-state index in [1.54, 1.807) is 0 Å². The number of fused-ring (bicyclic) bond motifs is 1. The van der Waals surface area contributed by atoms with Crippen molar-refractivity contribution in [2.45, 2.75) is 58.8 Å². The summed E-state index contributed by atoms with van der Waals surface area (Å²) < 4.78 is 5.92. The summed E-state index contributed by atoms with van der Waals surface area (Å²) in [5, 5.41) is 3.83. The Morgan fingerprint density at radius 1 is 1.07 bits per heavy atom. The van der Waals surface area contributed by atoms with Gasteiger partial charge in [0.1, 0.15) is 11.3 Å². The van der Waals surface area contributed by atoms with Crippen molar-refractivity contribution in [2.75, 3.05) is 18.4 Å². The van der Waals surface area contributed by atoms with E-state index in [1.165, 1.54) is 6.42 Å². The maximum atomic E-state index is 13.2. The van der Waals surface area contributed by atoms with Crippen molar-refractivity contribution >= 4 is 28.5 Å². The first-order chi connectivity index (χ1) is 13.2. The normalized spacial score (nSPS) is 15.0. The lowest BCUT2D eigenvalue weighted by Gasteiger charge is -2.22. The zero-order valence-corrected chi connectivity index (χ0v) is 16.4. The van der Waals surface area contributed by atoms with Crippen LogP contribution in [0.5, 0.6) is 0 Å². The summed E-state index contributed by atoms with van der Waals surface area (Å²) in [5.74, 6) is 0.140.